The number of halogens is 1. The van der Waals surface area contributed by atoms with Crippen LogP contribution >= 0.6 is 0 Å². The molecule has 4 heteroatoms. The van der Waals surface area contributed by atoms with E-state index in [1.165, 1.54) is 10.5 Å². The van der Waals surface area contributed by atoms with Crippen LogP contribution in [0.5, 0.6) is 0 Å². The van der Waals surface area contributed by atoms with Crippen LogP contribution in [0.2, 0.25) is 0 Å². The highest BCUT2D eigenvalue weighted by Crippen LogP contribution is 2.04. The number of rotatable bonds is 7. The lowest BCUT2D eigenvalue weighted by atomic mass is 10.1. The molecule has 0 unspecified atom stereocenters. The largest absolute Gasteiger partial charge is 1.00 e. The summed E-state index contributed by atoms with van der Waals surface area (Å²) in [5.74, 6) is 0. The molecule has 108 valence electrons. The van der Waals surface area contributed by atoms with Gasteiger partial charge in [-0.05, 0) is 33.3 Å². The number of nitrogens with zero attached hydrogens (tertiary/aromatic N) is 1. The number of oxime groups is 1. The van der Waals surface area contributed by atoms with E-state index >= 15 is 0 Å². The highest BCUT2D eigenvalue weighted by molar-refractivity contribution is 5.98. The molecule has 0 saturated carbocycles. The Morgan fingerprint density at radius 3 is 2.26 bits per heavy atom. The van der Waals surface area contributed by atoms with E-state index in [4.69, 9.17) is 4.84 Å². The van der Waals surface area contributed by atoms with Crippen LogP contribution in [0.25, 0.3) is 0 Å². The predicted octanol–water partition coefficient (Wildman–Crippen LogP) is -1.34. The molecule has 0 aliphatic heterocycles. The minimum absolute atomic E-state index is 0. The van der Waals surface area contributed by atoms with Crippen molar-refractivity contribution in [3.8, 4) is 0 Å². The van der Waals surface area contributed by atoms with Crippen LogP contribution in [-0.4, -0.2) is 32.0 Å². The number of nitrogens with one attached hydrogen (secondary N) is 1. The Bertz CT molecular complexity index is 372. The predicted molar refractivity (Wildman–Crippen MR) is 76.3 cm³/mol. The van der Waals surface area contributed by atoms with E-state index in [1.54, 1.807) is 0 Å². The number of benzene rings is 1. The normalized spacial score (nSPS) is 11.3. The van der Waals surface area contributed by atoms with Crippen LogP contribution in [0, 0.1) is 6.92 Å². The second-order valence-corrected chi connectivity index (χ2v) is 4.58. The van der Waals surface area contributed by atoms with Crippen LogP contribution in [0.3, 0.4) is 0 Å². The summed E-state index contributed by atoms with van der Waals surface area (Å²) < 4.78 is 0. The molecular formula is C15H25ClN2O. The fourth-order valence-electron chi connectivity index (χ4n) is 1.78. The molecule has 0 spiro atoms. The highest BCUT2D eigenvalue weighted by atomic mass is 35.5. The molecule has 0 saturated heterocycles. The summed E-state index contributed by atoms with van der Waals surface area (Å²) in [5.41, 5.74) is 3.32. The van der Waals surface area contributed by atoms with Gasteiger partial charge in [0.1, 0.15) is 6.54 Å². The first-order valence-corrected chi connectivity index (χ1v) is 6.74. The van der Waals surface area contributed by atoms with Gasteiger partial charge in [0.05, 0.1) is 18.8 Å². The maximum Gasteiger partial charge on any atom is 0.165 e. The Morgan fingerprint density at radius 1 is 1.16 bits per heavy atom. The third-order valence-corrected chi connectivity index (χ3v) is 3.22. The van der Waals surface area contributed by atoms with E-state index in [1.807, 2.05) is 6.92 Å². The molecule has 1 N–H and O–H groups in total. The van der Waals surface area contributed by atoms with Gasteiger partial charge in [-0.1, -0.05) is 35.0 Å². The van der Waals surface area contributed by atoms with Crippen LogP contribution in [0.1, 0.15) is 31.9 Å². The second kappa shape index (κ2) is 9.82. The molecular weight excluding hydrogens is 260 g/mol. The zero-order chi connectivity index (χ0) is 13.4. The third kappa shape index (κ3) is 6.60. The smallest absolute Gasteiger partial charge is 0.165 e. The van der Waals surface area contributed by atoms with Gasteiger partial charge in [-0.2, -0.15) is 0 Å². The summed E-state index contributed by atoms with van der Waals surface area (Å²) >= 11 is 0. The van der Waals surface area contributed by atoms with Crippen molar-refractivity contribution in [1.29, 1.82) is 0 Å². The van der Waals surface area contributed by atoms with Crippen LogP contribution in [0.15, 0.2) is 29.4 Å². The van der Waals surface area contributed by atoms with Crippen molar-refractivity contribution in [2.45, 2.75) is 27.7 Å². The molecule has 3 nitrogen and oxygen atoms in total. The molecule has 0 amide bonds. The zero-order valence-corrected chi connectivity index (χ0v) is 13.1. The van der Waals surface area contributed by atoms with Crippen molar-refractivity contribution in [1.82, 2.24) is 0 Å². The molecule has 0 aromatic heterocycles. The first-order valence-electron chi connectivity index (χ1n) is 6.74. The standard InChI is InChI=1S/C15H24N2O.ClH/c1-5-17(6-2)11-12-18-16-14(4)15-9-7-13(3)8-10-15;/h7-10H,5-6,11-12H2,1-4H3;1H/b16-14+;. The van der Waals surface area contributed by atoms with Crippen LogP contribution < -0.4 is 17.3 Å². The Balaban J connectivity index is 0.00000324. The summed E-state index contributed by atoms with van der Waals surface area (Å²) in [6.07, 6.45) is 0. The number of likely N-dealkylation sites (N-methyl/N-ethyl adjacent to an activating group) is 1. The number of quaternary nitrogens is 1. The molecule has 1 aromatic carbocycles. The van der Waals surface area contributed by atoms with Gasteiger partial charge in [-0.15, -0.1) is 0 Å². The van der Waals surface area contributed by atoms with E-state index in [2.05, 4.69) is 50.2 Å². The Kier molecular flexibility index (Phi) is 9.27. The second-order valence-electron chi connectivity index (χ2n) is 4.58. The lowest BCUT2D eigenvalue weighted by Crippen LogP contribution is -3.11. The quantitative estimate of drug-likeness (QED) is 0.375. The molecule has 0 radical (unpaired) electrons. The van der Waals surface area contributed by atoms with E-state index < -0.39 is 0 Å². The molecule has 0 aliphatic carbocycles. The topological polar surface area (TPSA) is 26.0 Å². The molecule has 0 heterocycles. The molecule has 0 bridgehead atoms. The highest BCUT2D eigenvalue weighted by Gasteiger charge is 2.02. The van der Waals surface area contributed by atoms with E-state index in [-0.39, 0.29) is 12.4 Å². The number of aryl methyl sites for hydroxylation is 1. The van der Waals surface area contributed by atoms with E-state index in [0.29, 0.717) is 6.61 Å². The van der Waals surface area contributed by atoms with Crippen molar-refractivity contribution < 1.29 is 22.1 Å². The Hall–Kier alpha value is -1.06. The summed E-state index contributed by atoms with van der Waals surface area (Å²) in [5, 5.41) is 4.17. The number of hydrogen-bond acceptors (Lipinski definition) is 2. The van der Waals surface area contributed by atoms with Gasteiger partial charge in [-0.25, -0.2) is 0 Å². The molecule has 1 rings (SSSR count). The minimum Gasteiger partial charge on any atom is -1.00 e. The van der Waals surface area contributed by atoms with Crippen molar-refractivity contribution in [3.05, 3.63) is 35.4 Å². The summed E-state index contributed by atoms with van der Waals surface area (Å²) in [6, 6.07) is 8.34. The van der Waals surface area contributed by atoms with Crippen molar-refractivity contribution in [3.63, 3.8) is 0 Å². The van der Waals surface area contributed by atoms with Gasteiger partial charge in [0.15, 0.2) is 6.61 Å². The fraction of sp³-hybridized carbons (Fsp3) is 0.533. The van der Waals surface area contributed by atoms with Gasteiger partial charge in [-0.3, -0.25) is 0 Å². The Labute approximate surface area is 123 Å². The molecule has 0 atom stereocenters. The lowest BCUT2D eigenvalue weighted by Gasteiger charge is -2.14. The van der Waals surface area contributed by atoms with Gasteiger partial charge < -0.3 is 22.1 Å². The van der Waals surface area contributed by atoms with Gasteiger partial charge in [0.25, 0.3) is 0 Å². The molecule has 1 aromatic rings. The maximum absolute atomic E-state index is 5.38. The average molecular weight is 285 g/mol. The van der Waals surface area contributed by atoms with E-state index in [9.17, 15) is 0 Å². The monoisotopic (exact) mass is 284 g/mol. The van der Waals surface area contributed by atoms with Crippen molar-refractivity contribution >= 4 is 5.71 Å². The zero-order valence-electron chi connectivity index (χ0n) is 12.4. The van der Waals surface area contributed by atoms with Gasteiger partial charge in [0.2, 0.25) is 0 Å². The average Bonchev–Trinajstić information content (AvgIpc) is 2.39. The molecule has 0 fully saturated rings. The maximum atomic E-state index is 5.38. The first-order chi connectivity index (χ1) is 8.67. The van der Waals surface area contributed by atoms with Crippen molar-refractivity contribution in [2.75, 3.05) is 26.2 Å². The van der Waals surface area contributed by atoms with Crippen LogP contribution in [0.4, 0.5) is 0 Å². The van der Waals surface area contributed by atoms with Gasteiger partial charge in [0, 0.05) is 0 Å². The van der Waals surface area contributed by atoms with E-state index in [0.717, 1.165) is 30.9 Å². The van der Waals surface area contributed by atoms with Crippen LogP contribution in [-0.2, 0) is 4.84 Å². The summed E-state index contributed by atoms with van der Waals surface area (Å²) in [6.45, 7) is 12.4. The fourth-order valence-corrected chi connectivity index (χ4v) is 1.78. The van der Waals surface area contributed by atoms with Gasteiger partial charge >= 0.3 is 0 Å². The number of hydrogen-bond donors (Lipinski definition) is 1. The first kappa shape index (κ1) is 17.9. The molecule has 19 heavy (non-hydrogen) atoms. The third-order valence-electron chi connectivity index (χ3n) is 3.22. The summed E-state index contributed by atoms with van der Waals surface area (Å²) in [4.78, 5) is 6.92. The minimum atomic E-state index is 0. The SMILES string of the molecule is CC[NH+](CC)CCO/N=C(\C)c1ccc(C)cc1.[Cl-]. The molecule has 0 aliphatic rings. The Morgan fingerprint density at radius 2 is 1.74 bits per heavy atom. The van der Waals surface area contributed by atoms with Crippen molar-refractivity contribution in [2.24, 2.45) is 5.16 Å². The lowest BCUT2D eigenvalue weighted by molar-refractivity contribution is -0.896. The summed E-state index contributed by atoms with van der Waals surface area (Å²) in [7, 11) is 0.